The van der Waals surface area contributed by atoms with Crippen molar-refractivity contribution in [2.45, 2.75) is 32.4 Å². The fourth-order valence-electron chi connectivity index (χ4n) is 3.24. The molecule has 1 aliphatic heterocycles. The Morgan fingerprint density at radius 1 is 1.32 bits per heavy atom. The van der Waals surface area contributed by atoms with Crippen molar-refractivity contribution in [3.8, 4) is 0 Å². The Morgan fingerprint density at radius 3 is 3.00 bits per heavy atom. The highest BCUT2D eigenvalue weighted by Gasteiger charge is 2.28. The van der Waals surface area contributed by atoms with E-state index >= 15 is 0 Å². The molecule has 0 unspecified atom stereocenters. The summed E-state index contributed by atoms with van der Waals surface area (Å²) < 4.78 is 2.09. The van der Waals surface area contributed by atoms with Gasteiger partial charge in [-0.25, -0.2) is 15.0 Å². The Balaban J connectivity index is 1.47. The summed E-state index contributed by atoms with van der Waals surface area (Å²) in [5.74, 6) is 0.838. The fraction of sp³-hybridized carbons (Fsp3) is 0.389. The van der Waals surface area contributed by atoms with Gasteiger partial charge in [0.05, 0.1) is 23.8 Å². The molecule has 3 aromatic rings. The highest BCUT2D eigenvalue weighted by atomic mass is 32.1. The van der Waals surface area contributed by atoms with Crippen LogP contribution in [-0.4, -0.2) is 31.0 Å². The van der Waals surface area contributed by atoms with Crippen molar-refractivity contribution in [1.29, 1.82) is 0 Å². The summed E-state index contributed by atoms with van der Waals surface area (Å²) in [5, 5.41) is 6.38. The van der Waals surface area contributed by atoms with Crippen LogP contribution in [0.1, 0.15) is 35.8 Å². The summed E-state index contributed by atoms with van der Waals surface area (Å²) in [6, 6.07) is 4.42. The smallest absolute Gasteiger partial charge is 0.188 e. The fourth-order valence-corrected chi connectivity index (χ4v) is 4.01. The number of aryl methyl sites for hydroxylation is 2. The van der Waals surface area contributed by atoms with Crippen molar-refractivity contribution in [3.05, 3.63) is 53.2 Å². The molecule has 25 heavy (non-hydrogen) atoms. The molecule has 0 aromatic carbocycles. The Kier molecular flexibility index (Phi) is 4.50. The first-order chi connectivity index (χ1) is 12.2. The Labute approximate surface area is 151 Å². The molecular weight excluding hydrogens is 332 g/mol. The molecule has 3 aromatic heterocycles. The molecule has 0 amide bonds. The molecule has 6 nitrogen and oxygen atoms in total. The maximum atomic E-state index is 4.82. The number of nitrogens with zero attached hydrogens (tertiary/aromatic N) is 5. The number of pyridine rings is 1. The van der Waals surface area contributed by atoms with Crippen LogP contribution in [-0.2, 0) is 13.6 Å². The van der Waals surface area contributed by atoms with Crippen LogP contribution in [0.25, 0.3) is 0 Å². The van der Waals surface area contributed by atoms with Crippen molar-refractivity contribution in [2.75, 3.05) is 11.9 Å². The van der Waals surface area contributed by atoms with E-state index in [-0.39, 0.29) is 0 Å². The topological polar surface area (TPSA) is 58.9 Å². The molecule has 7 heteroatoms. The number of aromatic nitrogens is 4. The summed E-state index contributed by atoms with van der Waals surface area (Å²) in [6.07, 6.45) is 8.04. The zero-order valence-electron chi connectivity index (χ0n) is 14.5. The second-order valence-electron chi connectivity index (χ2n) is 6.55. The van der Waals surface area contributed by atoms with Crippen LogP contribution in [0.3, 0.4) is 0 Å². The van der Waals surface area contributed by atoms with Crippen LogP contribution >= 0.6 is 11.3 Å². The quantitative estimate of drug-likeness (QED) is 0.758. The highest BCUT2D eigenvalue weighted by molar-refractivity contribution is 7.13. The van der Waals surface area contributed by atoms with Gasteiger partial charge in [0.1, 0.15) is 5.82 Å². The first-order valence-electron chi connectivity index (χ1n) is 8.53. The van der Waals surface area contributed by atoms with E-state index in [1.54, 1.807) is 11.3 Å². The van der Waals surface area contributed by atoms with Crippen molar-refractivity contribution in [3.63, 3.8) is 0 Å². The lowest BCUT2D eigenvalue weighted by atomic mass is 10.1. The molecular formula is C18H22N6S. The van der Waals surface area contributed by atoms with Gasteiger partial charge in [-0.1, -0.05) is 6.07 Å². The van der Waals surface area contributed by atoms with Gasteiger partial charge in [-0.05, 0) is 37.9 Å². The number of likely N-dealkylation sites (tertiary alicyclic amines) is 1. The van der Waals surface area contributed by atoms with Gasteiger partial charge in [0.15, 0.2) is 5.13 Å². The number of hydrogen-bond donors (Lipinski definition) is 1. The molecule has 130 valence electrons. The standard InChI is InChI=1S/C18H22N6S/c1-13-5-6-17(20-8-13)22-18-21-15(11-25-18)16-4-3-7-24(16)10-14-9-19-12-23(14)2/h5-6,8-9,11-12,16H,3-4,7,10H2,1-2H3,(H,20,21,22)/t16-/m0/s1. The van der Waals surface area contributed by atoms with E-state index < -0.39 is 0 Å². The second-order valence-corrected chi connectivity index (χ2v) is 7.41. The molecule has 1 atom stereocenters. The third-order valence-corrected chi connectivity index (χ3v) is 5.43. The van der Waals surface area contributed by atoms with E-state index in [4.69, 9.17) is 4.98 Å². The largest absolute Gasteiger partial charge is 0.337 e. The monoisotopic (exact) mass is 354 g/mol. The van der Waals surface area contributed by atoms with Gasteiger partial charge >= 0.3 is 0 Å². The van der Waals surface area contributed by atoms with Crippen LogP contribution in [0.4, 0.5) is 10.9 Å². The summed E-state index contributed by atoms with van der Waals surface area (Å²) in [5.41, 5.74) is 3.55. The predicted octanol–water partition coefficient (Wildman–Crippen LogP) is 3.66. The number of nitrogens with one attached hydrogen (secondary N) is 1. The Bertz CT molecular complexity index is 837. The lowest BCUT2D eigenvalue weighted by Gasteiger charge is -2.23. The molecule has 0 bridgehead atoms. The Hall–Kier alpha value is -2.25. The minimum atomic E-state index is 0.382. The van der Waals surface area contributed by atoms with E-state index in [9.17, 15) is 0 Å². The number of rotatable bonds is 5. The molecule has 0 radical (unpaired) electrons. The Morgan fingerprint density at radius 2 is 2.24 bits per heavy atom. The van der Waals surface area contributed by atoms with Gasteiger partial charge in [0, 0.05) is 31.4 Å². The van der Waals surface area contributed by atoms with E-state index in [2.05, 4.69) is 36.2 Å². The number of thiazole rings is 1. The molecule has 4 heterocycles. The van der Waals surface area contributed by atoms with Crippen molar-refractivity contribution in [2.24, 2.45) is 7.05 Å². The minimum absolute atomic E-state index is 0.382. The van der Waals surface area contributed by atoms with Gasteiger partial charge < -0.3 is 9.88 Å². The van der Waals surface area contributed by atoms with Crippen molar-refractivity contribution >= 4 is 22.3 Å². The van der Waals surface area contributed by atoms with E-state index in [0.29, 0.717) is 6.04 Å². The zero-order valence-corrected chi connectivity index (χ0v) is 15.3. The minimum Gasteiger partial charge on any atom is -0.337 e. The van der Waals surface area contributed by atoms with Gasteiger partial charge in [-0.15, -0.1) is 11.3 Å². The summed E-state index contributed by atoms with van der Waals surface area (Å²) in [7, 11) is 2.05. The van der Waals surface area contributed by atoms with Crippen LogP contribution in [0.2, 0.25) is 0 Å². The highest BCUT2D eigenvalue weighted by Crippen LogP contribution is 2.35. The number of hydrogen-bond acceptors (Lipinski definition) is 6. The summed E-state index contributed by atoms with van der Waals surface area (Å²) in [4.78, 5) is 15.9. The molecule has 0 saturated carbocycles. The summed E-state index contributed by atoms with van der Waals surface area (Å²) in [6.45, 7) is 4.06. The number of imidazole rings is 1. The van der Waals surface area contributed by atoms with Gasteiger partial charge in [-0.2, -0.15) is 0 Å². The zero-order chi connectivity index (χ0) is 17.2. The third kappa shape index (κ3) is 3.57. The molecule has 0 spiro atoms. The van der Waals surface area contributed by atoms with Gasteiger partial charge in [0.25, 0.3) is 0 Å². The summed E-state index contributed by atoms with van der Waals surface area (Å²) >= 11 is 1.64. The SMILES string of the molecule is Cc1ccc(Nc2nc([C@@H]3CCCN3Cc3cncn3C)cs2)nc1. The average Bonchev–Trinajstić information content (AvgIpc) is 3.33. The lowest BCUT2D eigenvalue weighted by molar-refractivity contribution is 0.240. The van der Waals surface area contributed by atoms with Crippen molar-refractivity contribution in [1.82, 2.24) is 24.4 Å². The molecule has 1 N–H and O–H groups in total. The third-order valence-electron chi connectivity index (χ3n) is 4.65. The lowest BCUT2D eigenvalue weighted by Crippen LogP contribution is -2.24. The molecule has 4 rings (SSSR count). The molecule has 1 fully saturated rings. The van der Waals surface area contributed by atoms with Crippen LogP contribution < -0.4 is 5.32 Å². The normalized spacial score (nSPS) is 17.9. The molecule has 0 aliphatic carbocycles. The number of anilines is 2. The van der Waals surface area contributed by atoms with Crippen LogP contribution in [0.15, 0.2) is 36.2 Å². The van der Waals surface area contributed by atoms with E-state index in [1.807, 2.05) is 38.8 Å². The molecule has 1 saturated heterocycles. The molecule has 1 aliphatic rings. The first kappa shape index (κ1) is 16.2. The van der Waals surface area contributed by atoms with Crippen molar-refractivity contribution < 1.29 is 0 Å². The first-order valence-corrected chi connectivity index (χ1v) is 9.41. The van der Waals surface area contributed by atoms with Crippen LogP contribution in [0.5, 0.6) is 0 Å². The van der Waals surface area contributed by atoms with E-state index in [0.717, 1.165) is 41.7 Å². The van der Waals surface area contributed by atoms with Crippen LogP contribution in [0, 0.1) is 6.92 Å². The van der Waals surface area contributed by atoms with Gasteiger partial charge in [-0.3, -0.25) is 4.90 Å². The maximum Gasteiger partial charge on any atom is 0.188 e. The van der Waals surface area contributed by atoms with Gasteiger partial charge in [0.2, 0.25) is 0 Å². The second kappa shape index (κ2) is 6.93. The van der Waals surface area contributed by atoms with E-state index in [1.165, 1.54) is 12.1 Å². The predicted molar refractivity (Wildman–Crippen MR) is 100.0 cm³/mol. The maximum absolute atomic E-state index is 4.82. The average molecular weight is 354 g/mol.